The van der Waals surface area contributed by atoms with E-state index < -0.39 is 21.8 Å². The standard InChI is InChI=1S/C12H12F3N3O2S.CH3NO/c1-8-7-18(2)16-11(8)21(19,20)17-10-5-3-9(4-6-10)12(13,14)15;2-1-3/h3-7,17H,1-2H3;1H,(H2,2,3). The first-order chi connectivity index (χ1) is 11.0. The number of nitrogens with zero attached hydrogens (tertiary/aromatic N) is 2. The van der Waals surface area contributed by atoms with Crippen LogP contribution < -0.4 is 10.5 Å². The molecule has 1 aromatic carbocycles. The van der Waals surface area contributed by atoms with Gasteiger partial charge in [0.05, 0.1) is 5.56 Å². The largest absolute Gasteiger partial charge is 0.416 e. The summed E-state index contributed by atoms with van der Waals surface area (Å²) in [5.74, 6) is 0. The maximum Gasteiger partial charge on any atom is 0.416 e. The van der Waals surface area contributed by atoms with Crippen LogP contribution in [0.4, 0.5) is 18.9 Å². The number of sulfonamides is 1. The molecule has 132 valence electrons. The third-order valence-corrected chi connectivity index (χ3v) is 4.10. The molecule has 24 heavy (non-hydrogen) atoms. The van der Waals surface area contributed by atoms with Gasteiger partial charge in [-0.2, -0.15) is 26.7 Å². The summed E-state index contributed by atoms with van der Waals surface area (Å²) in [7, 11) is -2.36. The predicted octanol–water partition coefficient (Wildman–Crippen LogP) is 1.65. The number of aromatic nitrogens is 2. The summed E-state index contributed by atoms with van der Waals surface area (Å²) in [4.78, 5) is 8.58. The van der Waals surface area contributed by atoms with Crippen molar-refractivity contribution in [1.82, 2.24) is 9.78 Å². The summed E-state index contributed by atoms with van der Waals surface area (Å²) in [5, 5.41) is 3.66. The first-order valence-electron chi connectivity index (χ1n) is 6.37. The van der Waals surface area contributed by atoms with Gasteiger partial charge in [-0.3, -0.25) is 14.2 Å². The zero-order valence-corrected chi connectivity index (χ0v) is 13.5. The molecule has 7 nitrogen and oxygen atoms in total. The van der Waals surface area contributed by atoms with Crippen LogP contribution in [0, 0.1) is 6.92 Å². The Balaban J connectivity index is 0.000000891. The first-order valence-corrected chi connectivity index (χ1v) is 7.85. The molecule has 0 fully saturated rings. The topological polar surface area (TPSA) is 107 Å². The minimum atomic E-state index is -4.46. The summed E-state index contributed by atoms with van der Waals surface area (Å²) < 4.78 is 65.0. The fourth-order valence-electron chi connectivity index (χ4n) is 1.78. The Morgan fingerprint density at radius 1 is 1.25 bits per heavy atom. The summed E-state index contributed by atoms with van der Waals surface area (Å²) >= 11 is 0. The molecule has 3 N–H and O–H groups in total. The minimum Gasteiger partial charge on any atom is -0.372 e. The van der Waals surface area contributed by atoms with E-state index in [9.17, 15) is 21.6 Å². The molecule has 0 aliphatic heterocycles. The third-order valence-electron chi connectivity index (χ3n) is 2.69. The van der Waals surface area contributed by atoms with Crippen molar-refractivity contribution in [2.45, 2.75) is 18.1 Å². The predicted molar refractivity (Wildman–Crippen MR) is 80.4 cm³/mol. The zero-order valence-electron chi connectivity index (χ0n) is 12.7. The highest BCUT2D eigenvalue weighted by Crippen LogP contribution is 2.30. The van der Waals surface area contributed by atoms with Gasteiger partial charge in [0.15, 0.2) is 5.03 Å². The van der Waals surface area contributed by atoms with E-state index in [4.69, 9.17) is 4.79 Å². The Labute approximate surface area is 136 Å². The second-order valence-electron chi connectivity index (χ2n) is 4.61. The maximum absolute atomic E-state index is 12.4. The normalized spacial score (nSPS) is 11.4. The van der Waals surface area contributed by atoms with Crippen molar-refractivity contribution >= 4 is 22.1 Å². The molecule has 0 bridgehead atoms. The van der Waals surface area contributed by atoms with Crippen molar-refractivity contribution in [3.05, 3.63) is 41.6 Å². The molecule has 0 saturated heterocycles. The number of anilines is 1. The lowest BCUT2D eigenvalue weighted by molar-refractivity contribution is -0.137. The molecule has 1 amide bonds. The zero-order chi connectivity index (χ0) is 18.5. The van der Waals surface area contributed by atoms with Crippen molar-refractivity contribution < 1.29 is 26.4 Å². The van der Waals surface area contributed by atoms with Gasteiger partial charge in [-0.25, -0.2) is 0 Å². The molecule has 0 spiro atoms. The third kappa shape index (κ3) is 4.98. The van der Waals surface area contributed by atoms with E-state index in [1.54, 1.807) is 14.0 Å². The number of halogens is 3. The van der Waals surface area contributed by atoms with E-state index in [1.807, 2.05) is 0 Å². The average Bonchev–Trinajstić information content (AvgIpc) is 2.78. The Morgan fingerprint density at radius 3 is 2.12 bits per heavy atom. The summed E-state index contributed by atoms with van der Waals surface area (Å²) in [6.07, 6.45) is -2.68. The monoisotopic (exact) mass is 364 g/mol. The van der Waals surface area contributed by atoms with Crippen LogP contribution in [0.2, 0.25) is 0 Å². The van der Waals surface area contributed by atoms with E-state index >= 15 is 0 Å². The molecule has 2 aromatic rings. The smallest absolute Gasteiger partial charge is 0.372 e. The van der Waals surface area contributed by atoms with E-state index in [2.05, 4.69) is 15.6 Å². The Kier molecular flexibility index (Phi) is 5.96. The van der Waals surface area contributed by atoms with Crippen LogP contribution in [0.15, 0.2) is 35.5 Å². The maximum atomic E-state index is 12.4. The average molecular weight is 364 g/mol. The Bertz CT molecular complexity index is 799. The van der Waals surface area contributed by atoms with Crippen LogP contribution in [0.25, 0.3) is 0 Å². The molecule has 0 saturated carbocycles. The van der Waals surface area contributed by atoms with Crippen LogP contribution in [-0.2, 0) is 28.0 Å². The van der Waals surface area contributed by atoms with Crippen molar-refractivity contribution in [1.29, 1.82) is 0 Å². The molecule has 2 rings (SSSR count). The summed E-state index contributed by atoms with van der Waals surface area (Å²) in [6.45, 7) is 1.58. The van der Waals surface area contributed by atoms with Gasteiger partial charge in [0.2, 0.25) is 6.41 Å². The number of aryl methyl sites for hydroxylation is 2. The molecule has 0 unspecified atom stereocenters. The van der Waals surface area contributed by atoms with Crippen molar-refractivity contribution in [3.63, 3.8) is 0 Å². The van der Waals surface area contributed by atoms with E-state index in [0.717, 1.165) is 24.3 Å². The number of hydrogen-bond acceptors (Lipinski definition) is 4. The second kappa shape index (κ2) is 7.34. The molecule has 0 atom stereocenters. The first kappa shape index (κ1) is 19.5. The fourth-order valence-corrected chi connectivity index (χ4v) is 3.04. The van der Waals surface area contributed by atoms with Gasteiger partial charge < -0.3 is 5.73 Å². The van der Waals surface area contributed by atoms with Gasteiger partial charge in [-0.15, -0.1) is 0 Å². The molecule has 11 heteroatoms. The van der Waals surface area contributed by atoms with Gasteiger partial charge in [0.25, 0.3) is 10.0 Å². The number of alkyl halides is 3. The molecule has 0 aliphatic rings. The lowest BCUT2D eigenvalue weighted by Crippen LogP contribution is -2.15. The van der Waals surface area contributed by atoms with Gasteiger partial charge in [0, 0.05) is 24.5 Å². The number of carbonyl (C=O) groups excluding carboxylic acids is 1. The number of amides is 1. The molecule has 0 radical (unpaired) electrons. The lowest BCUT2D eigenvalue weighted by Gasteiger charge is -2.09. The SMILES string of the molecule is Cc1cn(C)nc1S(=O)(=O)Nc1ccc(C(F)(F)F)cc1.NC=O. The van der Waals surface area contributed by atoms with E-state index in [-0.39, 0.29) is 17.1 Å². The van der Waals surface area contributed by atoms with Gasteiger partial charge in [-0.1, -0.05) is 0 Å². The molecular formula is C13H15F3N4O3S. The van der Waals surface area contributed by atoms with Crippen LogP contribution in [-0.4, -0.2) is 24.6 Å². The van der Waals surface area contributed by atoms with Gasteiger partial charge in [0.1, 0.15) is 0 Å². The molecule has 0 aliphatic carbocycles. The molecule has 1 aromatic heterocycles. The minimum absolute atomic E-state index is 0.0352. The summed E-state index contributed by atoms with van der Waals surface area (Å²) in [5.41, 5.74) is 3.80. The highest BCUT2D eigenvalue weighted by Gasteiger charge is 2.30. The quantitative estimate of drug-likeness (QED) is 0.808. The number of nitrogens with two attached hydrogens (primary N) is 1. The second-order valence-corrected chi connectivity index (χ2v) is 6.21. The number of hydrogen-bond donors (Lipinski definition) is 2. The van der Waals surface area contributed by atoms with E-state index in [1.165, 1.54) is 10.9 Å². The number of benzene rings is 1. The van der Waals surface area contributed by atoms with Crippen molar-refractivity contribution in [2.75, 3.05) is 4.72 Å². The number of rotatable bonds is 3. The number of carbonyl (C=O) groups is 1. The van der Waals surface area contributed by atoms with Crippen LogP contribution in [0.5, 0.6) is 0 Å². The van der Waals surface area contributed by atoms with E-state index in [0.29, 0.717) is 5.56 Å². The van der Waals surface area contributed by atoms with Crippen LogP contribution in [0.3, 0.4) is 0 Å². The van der Waals surface area contributed by atoms with Crippen LogP contribution in [0.1, 0.15) is 11.1 Å². The lowest BCUT2D eigenvalue weighted by atomic mass is 10.2. The number of nitrogens with one attached hydrogen (secondary N) is 1. The Morgan fingerprint density at radius 2 is 1.75 bits per heavy atom. The van der Waals surface area contributed by atoms with Crippen molar-refractivity contribution in [2.24, 2.45) is 12.8 Å². The van der Waals surface area contributed by atoms with Crippen molar-refractivity contribution in [3.8, 4) is 0 Å². The Hall–Kier alpha value is -2.56. The molecule has 1 heterocycles. The van der Waals surface area contributed by atoms with Crippen LogP contribution >= 0.6 is 0 Å². The van der Waals surface area contributed by atoms with Gasteiger partial charge in [-0.05, 0) is 31.2 Å². The highest BCUT2D eigenvalue weighted by atomic mass is 32.2. The van der Waals surface area contributed by atoms with Gasteiger partial charge >= 0.3 is 6.18 Å². The number of primary amides is 1. The fraction of sp³-hybridized carbons (Fsp3) is 0.231. The summed E-state index contributed by atoms with van der Waals surface area (Å²) in [6, 6.07) is 3.73. The molecular weight excluding hydrogens is 349 g/mol. The highest BCUT2D eigenvalue weighted by molar-refractivity contribution is 7.92.